The lowest BCUT2D eigenvalue weighted by Gasteiger charge is -2.11. The van der Waals surface area contributed by atoms with Gasteiger partial charge in [-0.3, -0.25) is 14.9 Å². The summed E-state index contributed by atoms with van der Waals surface area (Å²) >= 11 is 0. The molecule has 0 aromatic heterocycles. The van der Waals surface area contributed by atoms with Gasteiger partial charge in [-0.25, -0.2) is 0 Å². The van der Waals surface area contributed by atoms with Crippen molar-refractivity contribution in [1.29, 1.82) is 0 Å². The molecule has 142 valence electrons. The zero-order chi connectivity index (χ0) is 19.9. The van der Waals surface area contributed by atoms with Crippen molar-refractivity contribution in [3.05, 3.63) is 82.9 Å². The van der Waals surface area contributed by atoms with Crippen molar-refractivity contribution in [2.75, 3.05) is 19.0 Å². The highest BCUT2D eigenvalue weighted by atomic mass is 16.6. The van der Waals surface area contributed by atoms with Crippen LogP contribution in [0.5, 0.6) is 11.5 Å². The van der Waals surface area contributed by atoms with Crippen LogP contribution < -0.4 is 14.8 Å². The summed E-state index contributed by atoms with van der Waals surface area (Å²) in [4.78, 5) is 22.4. The largest absolute Gasteiger partial charge is 0.494 e. The van der Waals surface area contributed by atoms with E-state index in [0.717, 1.165) is 11.1 Å². The highest BCUT2D eigenvalue weighted by Crippen LogP contribution is 2.29. The van der Waals surface area contributed by atoms with Crippen molar-refractivity contribution in [2.24, 2.45) is 0 Å². The molecule has 0 aliphatic carbocycles. The van der Waals surface area contributed by atoms with Gasteiger partial charge in [0.05, 0.1) is 23.8 Å². The second kappa shape index (κ2) is 8.68. The van der Waals surface area contributed by atoms with Gasteiger partial charge in [0, 0.05) is 6.07 Å². The number of nitro benzene ring substituents is 1. The normalized spacial score (nSPS) is 10.2. The number of hydrogen-bond acceptors (Lipinski definition) is 5. The molecule has 0 aliphatic rings. The second-order valence-corrected chi connectivity index (χ2v) is 5.87. The monoisotopic (exact) mass is 378 g/mol. The predicted octanol–water partition coefficient (Wildman–Crippen LogP) is 4.29. The first-order chi connectivity index (χ1) is 13.6. The number of benzene rings is 3. The van der Waals surface area contributed by atoms with Crippen LogP contribution in [0, 0.1) is 10.1 Å². The Balaban J connectivity index is 1.59. The van der Waals surface area contributed by atoms with E-state index in [-0.39, 0.29) is 18.0 Å². The number of methoxy groups -OCH3 is 1. The Bertz CT molecular complexity index is 972. The lowest BCUT2D eigenvalue weighted by atomic mass is 10.1. The molecule has 0 atom stereocenters. The lowest BCUT2D eigenvalue weighted by molar-refractivity contribution is -0.384. The molecule has 0 saturated heterocycles. The molecule has 1 amide bonds. The number of amides is 1. The quantitative estimate of drug-likeness (QED) is 0.489. The average Bonchev–Trinajstić information content (AvgIpc) is 2.73. The minimum Gasteiger partial charge on any atom is -0.494 e. The van der Waals surface area contributed by atoms with Gasteiger partial charge in [-0.05, 0) is 29.3 Å². The number of ether oxygens (including phenoxy) is 2. The van der Waals surface area contributed by atoms with Crippen LogP contribution in [-0.2, 0) is 4.79 Å². The first-order valence-corrected chi connectivity index (χ1v) is 8.47. The highest BCUT2D eigenvalue weighted by Gasteiger charge is 2.13. The third kappa shape index (κ3) is 4.64. The molecule has 0 fully saturated rings. The predicted molar refractivity (Wildman–Crippen MR) is 106 cm³/mol. The molecule has 7 nitrogen and oxygen atoms in total. The first-order valence-electron chi connectivity index (χ1n) is 8.47. The van der Waals surface area contributed by atoms with Gasteiger partial charge in [-0.2, -0.15) is 0 Å². The maximum atomic E-state index is 12.1. The number of nitrogens with one attached hydrogen (secondary N) is 1. The van der Waals surface area contributed by atoms with E-state index in [4.69, 9.17) is 9.47 Å². The van der Waals surface area contributed by atoms with Gasteiger partial charge < -0.3 is 14.8 Å². The molecule has 28 heavy (non-hydrogen) atoms. The molecule has 0 aliphatic heterocycles. The highest BCUT2D eigenvalue weighted by molar-refractivity contribution is 5.93. The van der Waals surface area contributed by atoms with Crippen LogP contribution in [-0.4, -0.2) is 24.5 Å². The molecule has 0 radical (unpaired) electrons. The third-order valence-electron chi connectivity index (χ3n) is 4.00. The summed E-state index contributed by atoms with van der Waals surface area (Å²) in [7, 11) is 1.37. The Morgan fingerprint density at radius 3 is 2.32 bits per heavy atom. The van der Waals surface area contributed by atoms with Gasteiger partial charge in [-0.15, -0.1) is 0 Å². The Hall–Kier alpha value is -3.87. The van der Waals surface area contributed by atoms with Crippen molar-refractivity contribution >= 4 is 17.3 Å². The van der Waals surface area contributed by atoms with Gasteiger partial charge in [-0.1, -0.05) is 42.5 Å². The number of anilines is 1. The molecular formula is C21H18N2O5. The van der Waals surface area contributed by atoms with Crippen LogP contribution in [0.15, 0.2) is 72.8 Å². The number of non-ortho nitro benzene ring substituents is 1. The van der Waals surface area contributed by atoms with Crippen molar-refractivity contribution in [1.82, 2.24) is 0 Å². The molecule has 0 spiro atoms. The first kappa shape index (κ1) is 18.9. The summed E-state index contributed by atoms with van der Waals surface area (Å²) in [6.45, 7) is -0.204. The maximum Gasteiger partial charge on any atom is 0.273 e. The molecule has 3 aromatic rings. The minimum atomic E-state index is -0.531. The van der Waals surface area contributed by atoms with Crippen molar-refractivity contribution in [3.8, 4) is 22.6 Å². The van der Waals surface area contributed by atoms with E-state index in [1.807, 2.05) is 42.5 Å². The number of hydrogen-bond donors (Lipinski definition) is 1. The lowest BCUT2D eigenvalue weighted by Crippen LogP contribution is -2.20. The van der Waals surface area contributed by atoms with Gasteiger partial charge in [0.15, 0.2) is 6.61 Å². The smallest absolute Gasteiger partial charge is 0.273 e. The second-order valence-electron chi connectivity index (χ2n) is 5.87. The van der Waals surface area contributed by atoms with E-state index in [1.54, 1.807) is 12.1 Å². The average molecular weight is 378 g/mol. The molecular weight excluding hydrogens is 360 g/mol. The molecule has 0 saturated carbocycles. The van der Waals surface area contributed by atoms with E-state index in [9.17, 15) is 14.9 Å². The number of rotatable bonds is 7. The Morgan fingerprint density at radius 1 is 1.00 bits per heavy atom. The fraction of sp³-hybridized carbons (Fsp3) is 0.0952. The molecule has 1 N–H and O–H groups in total. The number of carbonyl (C=O) groups is 1. The standard InChI is InChI=1S/C21H18N2O5/c1-27-20-13-17(23(25)26)9-12-19(20)22-21(24)14-28-18-10-7-16(8-11-18)15-5-3-2-4-6-15/h2-13H,14H2,1H3,(H,22,24). The fourth-order valence-electron chi connectivity index (χ4n) is 2.61. The van der Waals surface area contributed by atoms with E-state index < -0.39 is 10.8 Å². The van der Waals surface area contributed by atoms with Gasteiger partial charge in [0.2, 0.25) is 0 Å². The van der Waals surface area contributed by atoms with E-state index in [0.29, 0.717) is 11.4 Å². The van der Waals surface area contributed by atoms with Crippen LogP contribution in [0.3, 0.4) is 0 Å². The van der Waals surface area contributed by atoms with E-state index in [2.05, 4.69) is 5.32 Å². The Kier molecular flexibility index (Phi) is 5.86. The number of carbonyl (C=O) groups excluding carboxylic acids is 1. The topological polar surface area (TPSA) is 90.7 Å². The SMILES string of the molecule is COc1cc([N+](=O)[O-])ccc1NC(=O)COc1ccc(-c2ccccc2)cc1. The van der Waals surface area contributed by atoms with Crippen molar-refractivity contribution < 1.29 is 19.2 Å². The zero-order valence-electron chi connectivity index (χ0n) is 15.1. The molecule has 7 heteroatoms. The van der Waals surface area contributed by atoms with Gasteiger partial charge in [0.1, 0.15) is 11.5 Å². The minimum absolute atomic E-state index is 0.121. The Morgan fingerprint density at radius 2 is 1.68 bits per heavy atom. The molecule has 3 aromatic carbocycles. The number of nitrogens with zero attached hydrogens (tertiary/aromatic N) is 1. The molecule has 3 rings (SSSR count). The van der Waals surface area contributed by atoms with E-state index >= 15 is 0 Å². The summed E-state index contributed by atoms with van der Waals surface area (Å²) in [6, 6.07) is 21.3. The molecule has 0 bridgehead atoms. The molecule has 0 heterocycles. The number of nitro groups is 1. The van der Waals surface area contributed by atoms with Crippen molar-refractivity contribution in [3.63, 3.8) is 0 Å². The summed E-state index contributed by atoms with van der Waals surface area (Å²) in [5.74, 6) is 0.361. The van der Waals surface area contributed by atoms with Gasteiger partial charge in [0.25, 0.3) is 11.6 Å². The van der Waals surface area contributed by atoms with Crippen LogP contribution >= 0.6 is 0 Å². The zero-order valence-corrected chi connectivity index (χ0v) is 15.1. The van der Waals surface area contributed by atoms with Crippen LogP contribution in [0.1, 0.15) is 0 Å². The fourth-order valence-corrected chi connectivity index (χ4v) is 2.61. The Labute approximate surface area is 161 Å². The summed E-state index contributed by atoms with van der Waals surface area (Å²) < 4.78 is 10.6. The third-order valence-corrected chi connectivity index (χ3v) is 4.00. The van der Waals surface area contributed by atoms with Crippen molar-refractivity contribution in [2.45, 2.75) is 0 Å². The summed E-state index contributed by atoms with van der Waals surface area (Å²) in [6.07, 6.45) is 0. The maximum absolute atomic E-state index is 12.1. The summed E-state index contributed by atoms with van der Waals surface area (Å²) in [5, 5.41) is 13.4. The molecule has 0 unspecified atom stereocenters. The summed E-state index contributed by atoms with van der Waals surface area (Å²) in [5.41, 5.74) is 2.36. The van der Waals surface area contributed by atoms with E-state index in [1.165, 1.54) is 25.3 Å². The van der Waals surface area contributed by atoms with Crippen LogP contribution in [0.2, 0.25) is 0 Å². The van der Waals surface area contributed by atoms with Gasteiger partial charge >= 0.3 is 0 Å². The van der Waals surface area contributed by atoms with Crippen LogP contribution in [0.4, 0.5) is 11.4 Å². The van der Waals surface area contributed by atoms with Crippen LogP contribution in [0.25, 0.3) is 11.1 Å².